The molecule has 4 aromatic rings. The minimum Gasteiger partial charge on any atom is -0.508 e. The first-order chi connectivity index (χ1) is 17.9. The number of benzene rings is 4. The van der Waals surface area contributed by atoms with Gasteiger partial charge in [0.15, 0.2) is 5.17 Å². The van der Waals surface area contributed by atoms with Gasteiger partial charge in [0.2, 0.25) is 0 Å². The quantitative estimate of drug-likeness (QED) is 0.188. The van der Waals surface area contributed by atoms with Crippen molar-refractivity contribution >= 4 is 51.1 Å². The molecule has 0 unspecified atom stereocenters. The average Bonchev–Trinajstić information content (AvgIpc) is 3.27. The van der Waals surface area contributed by atoms with Gasteiger partial charge in [0.1, 0.15) is 18.1 Å². The summed E-state index contributed by atoms with van der Waals surface area (Å²) in [5.74, 6) is 0.105. The Morgan fingerprint density at radius 2 is 1.81 bits per heavy atom. The van der Waals surface area contributed by atoms with E-state index in [0.29, 0.717) is 21.4 Å². The lowest BCUT2D eigenvalue weighted by molar-refractivity contribution is -0.384. The van der Waals surface area contributed by atoms with Crippen molar-refractivity contribution in [3.63, 3.8) is 0 Å². The van der Waals surface area contributed by atoms with Crippen molar-refractivity contribution in [2.24, 2.45) is 4.99 Å². The first kappa shape index (κ1) is 24.1. The Balaban J connectivity index is 1.42. The molecule has 1 heterocycles. The Morgan fingerprint density at radius 3 is 2.59 bits per heavy atom. The lowest BCUT2D eigenvalue weighted by Gasteiger charge is -2.17. The number of nitrogens with zero attached hydrogens (tertiary/aromatic N) is 3. The van der Waals surface area contributed by atoms with Gasteiger partial charge in [-0.1, -0.05) is 42.5 Å². The molecule has 4 aromatic carbocycles. The summed E-state index contributed by atoms with van der Waals surface area (Å²) < 4.78 is 6.11. The Kier molecular flexibility index (Phi) is 6.61. The van der Waals surface area contributed by atoms with Gasteiger partial charge < -0.3 is 14.7 Å². The largest absolute Gasteiger partial charge is 0.508 e. The van der Waals surface area contributed by atoms with Crippen molar-refractivity contribution in [2.75, 3.05) is 11.9 Å². The minimum absolute atomic E-state index is 0.109. The van der Waals surface area contributed by atoms with Crippen LogP contribution in [0.3, 0.4) is 0 Å². The summed E-state index contributed by atoms with van der Waals surface area (Å²) in [5.41, 5.74) is 2.02. The summed E-state index contributed by atoms with van der Waals surface area (Å²) in [4.78, 5) is 29.9. The fourth-order valence-electron chi connectivity index (χ4n) is 3.94. The number of aromatic hydroxyl groups is 1. The molecule has 0 bridgehead atoms. The number of fused-ring (bicyclic) bond motifs is 1. The zero-order chi connectivity index (χ0) is 25.9. The van der Waals surface area contributed by atoms with Crippen molar-refractivity contribution in [2.45, 2.75) is 6.61 Å². The second-order valence-corrected chi connectivity index (χ2v) is 9.30. The van der Waals surface area contributed by atoms with Crippen LogP contribution in [-0.2, 0) is 11.4 Å². The van der Waals surface area contributed by atoms with Crippen LogP contribution in [0.5, 0.6) is 11.5 Å². The molecule has 184 valence electrons. The van der Waals surface area contributed by atoms with Gasteiger partial charge in [0, 0.05) is 30.4 Å². The van der Waals surface area contributed by atoms with Crippen LogP contribution in [0.4, 0.5) is 11.4 Å². The topological polar surface area (TPSA) is 105 Å². The molecule has 1 aliphatic heterocycles. The summed E-state index contributed by atoms with van der Waals surface area (Å²) in [7, 11) is 1.76. The van der Waals surface area contributed by atoms with Crippen molar-refractivity contribution < 1.29 is 19.6 Å². The monoisotopic (exact) mass is 511 g/mol. The first-order valence-electron chi connectivity index (χ1n) is 11.3. The number of phenols is 1. The highest BCUT2D eigenvalue weighted by molar-refractivity contribution is 8.18. The molecule has 0 radical (unpaired) electrons. The highest BCUT2D eigenvalue weighted by Gasteiger charge is 2.26. The van der Waals surface area contributed by atoms with E-state index in [-0.39, 0.29) is 18.0 Å². The molecule has 0 saturated carbocycles. The lowest BCUT2D eigenvalue weighted by Crippen LogP contribution is -2.21. The standard InChI is InChI=1S/C28H21N3O5S/c1-30(21-9-12-23(32)13-10-21)28-29-27(33)26(37-28)16-20-15-22(31(34)35)11-14-25(20)36-17-19-7-4-6-18-5-2-3-8-24(18)19/h2-16,32H,17H2,1H3/b26-16-. The number of amidine groups is 1. The van der Waals surface area contributed by atoms with Gasteiger partial charge in [-0.3, -0.25) is 14.9 Å². The molecule has 8 nitrogen and oxygen atoms in total. The predicted octanol–water partition coefficient (Wildman–Crippen LogP) is 6.14. The number of nitro groups is 1. The number of anilines is 1. The number of aliphatic imine (C=N–C) groups is 1. The Labute approximate surface area is 216 Å². The number of ether oxygens (including phenoxy) is 1. The number of nitro benzene ring substituents is 1. The van der Waals surface area contributed by atoms with Crippen molar-refractivity contribution in [3.05, 3.63) is 111 Å². The number of amides is 1. The number of thioether (sulfide) groups is 1. The second-order valence-electron chi connectivity index (χ2n) is 8.29. The zero-order valence-electron chi connectivity index (χ0n) is 19.7. The van der Waals surface area contributed by atoms with Gasteiger partial charge in [0.25, 0.3) is 11.6 Å². The molecule has 0 fully saturated rings. The van der Waals surface area contributed by atoms with Crippen LogP contribution in [-0.4, -0.2) is 28.2 Å². The Hall–Kier alpha value is -4.63. The van der Waals surface area contributed by atoms with Gasteiger partial charge in [-0.2, -0.15) is 4.99 Å². The van der Waals surface area contributed by atoms with Crippen LogP contribution in [0.1, 0.15) is 11.1 Å². The molecular weight excluding hydrogens is 490 g/mol. The smallest absolute Gasteiger partial charge is 0.286 e. The van der Waals surface area contributed by atoms with E-state index < -0.39 is 10.8 Å². The minimum atomic E-state index is -0.485. The molecular formula is C28H21N3O5S. The van der Waals surface area contributed by atoms with Gasteiger partial charge in [-0.05, 0) is 64.5 Å². The van der Waals surface area contributed by atoms with Gasteiger partial charge in [0.05, 0.1) is 9.83 Å². The van der Waals surface area contributed by atoms with E-state index in [0.717, 1.165) is 33.8 Å². The molecule has 0 aromatic heterocycles. The van der Waals surface area contributed by atoms with Gasteiger partial charge >= 0.3 is 0 Å². The summed E-state index contributed by atoms with van der Waals surface area (Å²) >= 11 is 1.16. The number of non-ortho nitro benzene ring substituents is 1. The maximum Gasteiger partial charge on any atom is 0.286 e. The summed E-state index contributed by atoms with van der Waals surface area (Å²) in [6.45, 7) is 0.252. The van der Waals surface area contributed by atoms with Crippen LogP contribution in [0.2, 0.25) is 0 Å². The van der Waals surface area contributed by atoms with Crippen LogP contribution in [0.25, 0.3) is 16.8 Å². The summed E-state index contributed by atoms with van der Waals surface area (Å²) in [6.07, 6.45) is 1.57. The van der Waals surface area contributed by atoms with Gasteiger partial charge in [-0.25, -0.2) is 0 Å². The number of hydrogen-bond acceptors (Lipinski definition) is 7. The molecule has 0 atom stereocenters. The summed E-state index contributed by atoms with van der Waals surface area (Å²) in [6, 6.07) is 24.8. The SMILES string of the molecule is CN(C1=NC(=O)/C(=C/c2cc([N+](=O)[O-])ccc2OCc2cccc3ccccc23)S1)c1ccc(O)cc1. The van der Waals surface area contributed by atoms with Crippen molar-refractivity contribution in [1.29, 1.82) is 0 Å². The molecule has 9 heteroatoms. The Morgan fingerprint density at radius 1 is 1.05 bits per heavy atom. The van der Waals surface area contributed by atoms with E-state index in [2.05, 4.69) is 4.99 Å². The normalized spacial score (nSPS) is 14.1. The Bertz CT molecular complexity index is 1580. The third-order valence-corrected chi connectivity index (χ3v) is 6.95. The molecule has 1 amide bonds. The fourth-order valence-corrected chi connectivity index (χ4v) is 4.82. The highest BCUT2D eigenvalue weighted by atomic mass is 32.2. The average molecular weight is 512 g/mol. The lowest BCUT2D eigenvalue weighted by atomic mass is 10.1. The van der Waals surface area contributed by atoms with E-state index in [1.807, 2.05) is 42.5 Å². The maximum atomic E-state index is 12.7. The first-order valence-corrected chi connectivity index (χ1v) is 12.1. The number of phenolic OH excluding ortho intramolecular Hbond substituents is 1. The second kappa shape index (κ2) is 10.2. The molecule has 1 N–H and O–H groups in total. The molecule has 0 aliphatic carbocycles. The number of carbonyl (C=O) groups excluding carboxylic acids is 1. The number of carbonyl (C=O) groups is 1. The van der Waals surface area contributed by atoms with Crippen molar-refractivity contribution in [1.82, 2.24) is 0 Å². The van der Waals surface area contributed by atoms with Crippen LogP contribution in [0.15, 0.2) is 94.8 Å². The molecule has 0 saturated heterocycles. The summed E-state index contributed by atoms with van der Waals surface area (Å²) in [5, 5.41) is 23.6. The van der Waals surface area contributed by atoms with Crippen molar-refractivity contribution in [3.8, 4) is 11.5 Å². The van der Waals surface area contributed by atoms with E-state index in [1.165, 1.54) is 12.1 Å². The molecule has 1 aliphatic rings. The number of rotatable bonds is 6. The third-order valence-electron chi connectivity index (χ3n) is 5.89. The van der Waals surface area contributed by atoms with Crippen LogP contribution >= 0.6 is 11.8 Å². The van der Waals surface area contributed by atoms with Gasteiger partial charge in [-0.15, -0.1) is 0 Å². The van der Waals surface area contributed by atoms with Crippen LogP contribution < -0.4 is 9.64 Å². The number of hydrogen-bond donors (Lipinski definition) is 1. The van der Waals surface area contributed by atoms with Crippen LogP contribution in [0, 0.1) is 10.1 Å². The van der Waals surface area contributed by atoms with E-state index in [4.69, 9.17) is 4.74 Å². The van der Waals surface area contributed by atoms with E-state index in [1.54, 1.807) is 48.4 Å². The maximum absolute atomic E-state index is 12.7. The predicted molar refractivity (Wildman–Crippen MR) is 146 cm³/mol. The molecule has 5 rings (SSSR count). The molecule has 37 heavy (non-hydrogen) atoms. The van der Waals surface area contributed by atoms with E-state index >= 15 is 0 Å². The fraction of sp³-hybridized carbons (Fsp3) is 0.0714. The van der Waals surface area contributed by atoms with E-state index in [9.17, 15) is 20.0 Å². The highest BCUT2D eigenvalue weighted by Crippen LogP contribution is 2.35. The third kappa shape index (κ3) is 5.17. The molecule has 0 spiro atoms. The zero-order valence-corrected chi connectivity index (χ0v) is 20.5.